The number of aromatic nitrogens is 5. The molecule has 0 aliphatic rings. The van der Waals surface area contributed by atoms with Gasteiger partial charge in [-0.1, -0.05) is 36.5 Å². The summed E-state index contributed by atoms with van der Waals surface area (Å²) in [7, 11) is 0. The summed E-state index contributed by atoms with van der Waals surface area (Å²) < 4.78 is 14.9. The van der Waals surface area contributed by atoms with Crippen molar-refractivity contribution in [2.45, 2.75) is 20.3 Å². The van der Waals surface area contributed by atoms with E-state index in [2.05, 4.69) is 17.0 Å². The number of aryl methyl sites for hydroxylation is 1. The van der Waals surface area contributed by atoms with Crippen molar-refractivity contribution in [2.75, 3.05) is 6.61 Å². The lowest BCUT2D eigenvalue weighted by atomic mass is 10.0. The zero-order valence-electron chi connectivity index (χ0n) is 20.3. The van der Waals surface area contributed by atoms with Gasteiger partial charge in [-0.15, -0.1) is 5.10 Å². The number of nitrogens with zero attached hydrogens (tertiary/aromatic N) is 5. The average Bonchev–Trinajstić information content (AvgIpc) is 3.70. The Hall–Kier alpha value is -4.50. The highest BCUT2D eigenvalue weighted by Gasteiger charge is 2.17. The van der Waals surface area contributed by atoms with Crippen LogP contribution in [0.1, 0.15) is 24.5 Å². The van der Waals surface area contributed by atoms with Gasteiger partial charge < -0.3 is 9.15 Å². The van der Waals surface area contributed by atoms with E-state index in [1.165, 1.54) is 15.9 Å². The highest BCUT2D eigenvalue weighted by atomic mass is 32.1. The molecule has 0 radical (unpaired) electrons. The summed E-state index contributed by atoms with van der Waals surface area (Å²) in [6.45, 7) is 4.79. The second kappa shape index (κ2) is 9.51. The van der Waals surface area contributed by atoms with Gasteiger partial charge in [0.1, 0.15) is 11.4 Å². The minimum Gasteiger partial charge on any atom is -0.494 e. The molecule has 9 heteroatoms. The molecule has 0 saturated heterocycles. The number of hydrogen-bond acceptors (Lipinski definition) is 7. The highest BCUT2D eigenvalue weighted by Crippen LogP contribution is 2.30. The first-order valence-corrected chi connectivity index (χ1v) is 12.8. The number of hydrogen-bond donors (Lipinski definition) is 0. The largest absolute Gasteiger partial charge is 0.494 e. The van der Waals surface area contributed by atoms with E-state index < -0.39 is 0 Å². The smallest absolute Gasteiger partial charge is 0.291 e. The first kappa shape index (κ1) is 22.9. The van der Waals surface area contributed by atoms with E-state index in [1.54, 1.807) is 18.4 Å². The van der Waals surface area contributed by atoms with Gasteiger partial charge in [0.25, 0.3) is 5.56 Å². The Morgan fingerprint density at radius 2 is 1.95 bits per heavy atom. The van der Waals surface area contributed by atoms with E-state index in [4.69, 9.17) is 14.3 Å². The second-order valence-electron chi connectivity index (χ2n) is 8.56. The lowest BCUT2D eigenvalue weighted by molar-refractivity contribution is 0.317. The molecule has 0 aliphatic heterocycles. The van der Waals surface area contributed by atoms with E-state index >= 15 is 0 Å². The topological polar surface area (TPSA) is 87.4 Å². The molecule has 2 aromatic carbocycles. The van der Waals surface area contributed by atoms with E-state index in [-0.39, 0.29) is 5.56 Å². The van der Waals surface area contributed by atoms with Gasteiger partial charge >= 0.3 is 0 Å². The van der Waals surface area contributed by atoms with Gasteiger partial charge in [0.15, 0.2) is 5.76 Å². The molecule has 0 saturated carbocycles. The van der Waals surface area contributed by atoms with Crippen molar-refractivity contribution in [3.05, 3.63) is 99.1 Å². The number of para-hydroxylation sites is 1. The van der Waals surface area contributed by atoms with Crippen molar-refractivity contribution in [2.24, 2.45) is 0 Å². The van der Waals surface area contributed by atoms with E-state index in [1.807, 2.05) is 72.4 Å². The SMILES string of the molecule is CCCOc1ccc(-c2nn(-c3ccccc3)cc2C=c2sc3nc(-c4ccco4)nn3c2=O)c(C)c1. The maximum Gasteiger partial charge on any atom is 0.291 e. The molecule has 184 valence electrons. The van der Waals surface area contributed by atoms with Gasteiger partial charge in [0, 0.05) is 17.3 Å². The molecule has 6 aromatic rings. The fourth-order valence-electron chi connectivity index (χ4n) is 4.11. The molecule has 0 fully saturated rings. The zero-order valence-corrected chi connectivity index (χ0v) is 21.1. The lowest BCUT2D eigenvalue weighted by Gasteiger charge is -2.09. The fraction of sp³-hybridized carbons (Fsp3) is 0.143. The summed E-state index contributed by atoms with van der Waals surface area (Å²) >= 11 is 1.28. The maximum atomic E-state index is 13.2. The minimum atomic E-state index is -0.233. The second-order valence-corrected chi connectivity index (χ2v) is 9.57. The predicted molar refractivity (Wildman–Crippen MR) is 143 cm³/mol. The van der Waals surface area contributed by atoms with Gasteiger partial charge in [-0.2, -0.15) is 14.6 Å². The number of thiazole rings is 1. The molecule has 0 N–H and O–H groups in total. The Morgan fingerprint density at radius 1 is 1.08 bits per heavy atom. The zero-order chi connectivity index (χ0) is 25.4. The molecule has 0 bridgehead atoms. The quantitative estimate of drug-likeness (QED) is 0.304. The van der Waals surface area contributed by atoms with E-state index in [0.29, 0.717) is 27.7 Å². The van der Waals surface area contributed by atoms with Crippen molar-refractivity contribution in [3.8, 4) is 34.3 Å². The third kappa shape index (κ3) is 4.34. The van der Waals surface area contributed by atoms with Crippen LogP contribution in [0.25, 0.3) is 39.6 Å². The van der Waals surface area contributed by atoms with Crippen LogP contribution in [0.15, 0.2) is 82.3 Å². The molecule has 8 nitrogen and oxygen atoms in total. The van der Waals surface area contributed by atoms with E-state index in [9.17, 15) is 4.79 Å². The monoisotopic (exact) mass is 509 g/mol. The minimum absolute atomic E-state index is 0.233. The van der Waals surface area contributed by atoms with Crippen LogP contribution in [0.2, 0.25) is 0 Å². The number of benzene rings is 2. The Balaban J connectivity index is 1.48. The Bertz CT molecular complexity index is 1800. The van der Waals surface area contributed by atoms with Crippen molar-refractivity contribution in [1.82, 2.24) is 24.4 Å². The van der Waals surface area contributed by atoms with Crippen LogP contribution in [-0.2, 0) is 0 Å². The van der Waals surface area contributed by atoms with Gasteiger partial charge in [0.2, 0.25) is 10.8 Å². The highest BCUT2D eigenvalue weighted by molar-refractivity contribution is 7.15. The van der Waals surface area contributed by atoms with Crippen molar-refractivity contribution >= 4 is 22.4 Å². The molecule has 0 amide bonds. The van der Waals surface area contributed by atoms with Crippen molar-refractivity contribution in [3.63, 3.8) is 0 Å². The first-order chi connectivity index (χ1) is 18.1. The van der Waals surface area contributed by atoms with Crippen LogP contribution in [0.4, 0.5) is 0 Å². The summed E-state index contributed by atoms with van der Waals surface area (Å²) in [6.07, 6.45) is 6.30. The molecule has 0 aliphatic carbocycles. The van der Waals surface area contributed by atoms with E-state index in [0.717, 1.165) is 40.2 Å². The lowest BCUT2D eigenvalue weighted by Crippen LogP contribution is -2.23. The molecular weight excluding hydrogens is 486 g/mol. The summed E-state index contributed by atoms with van der Waals surface area (Å²) in [4.78, 5) is 18.2. The average molecular weight is 510 g/mol. The first-order valence-electron chi connectivity index (χ1n) is 11.9. The molecule has 4 aromatic heterocycles. The standard InChI is InChI=1S/C28H23N5O3S/c1-3-13-35-21-11-12-22(18(2)15-21)25-19(17-32(30-25)20-8-5-4-6-9-20)16-24-27(34)33-28(37-24)29-26(31-33)23-10-7-14-36-23/h4-12,14-17H,3,13H2,1-2H3. The maximum absolute atomic E-state index is 13.2. The van der Waals surface area contributed by atoms with Crippen LogP contribution in [0.5, 0.6) is 5.75 Å². The molecule has 0 atom stereocenters. The molecule has 37 heavy (non-hydrogen) atoms. The van der Waals surface area contributed by atoms with Crippen molar-refractivity contribution in [1.29, 1.82) is 0 Å². The fourth-order valence-corrected chi connectivity index (χ4v) is 5.01. The summed E-state index contributed by atoms with van der Waals surface area (Å²) in [5, 5.41) is 9.27. The third-order valence-corrected chi connectivity index (χ3v) is 6.86. The summed E-state index contributed by atoms with van der Waals surface area (Å²) in [5.41, 5.74) is 4.30. The van der Waals surface area contributed by atoms with Crippen LogP contribution >= 0.6 is 11.3 Å². The Morgan fingerprint density at radius 3 is 2.68 bits per heavy atom. The molecule has 0 spiro atoms. The normalized spacial score (nSPS) is 12.0. The van der Waals surface area contributed by atoms with Crippen LogP contribution in [0, 0.1) is 6.92 Å². The molecule has 4 heterocycles. The van der Waals surface area contributed by atoms with Gasteiger partial charge in [-0.25, -0.2) is 4.68 Å². The number of furan rings is 1. The van der Waals surface area contributed by atoms with Gasteiger partial charge in [-0.3, -0.25) is 4.79 Å². The van der Waals surface area contributed by atoms with Gasteiger partial charge in [-0.05, 0) is 67.4 Å². The Kier molecular flexibility index (Phi) is 5.90. The number of ether oxygens (including phenoxy) is 1. The van der Waals surface area contributed by atoms with Crippen LogP contribution < -0.4 is 14.8 Å². The number of fused-ring (bicyclic) bond motifs is 1. The van der Waals surface area contributed by atoms with Crippen LogP contribution in [-0.4, -0.2) is 31.0 Å². The molecule has 6 rings (SSSR count). The predicted octanol–water partition coefficient (Wildman–Crippen LogP) is 4.91. The summed E-state index contributed by atoms with van der Waals surface area (Å²) in [6, 6.07) is 19.4. The Labute approximate surface area is 216 Å². The van der Waals surface area contributed by atoms with Crippen LogP contribution in [0.3, 0.4) is 0 Å². The summed E-state index contributed by atoms with van der Waals surface area (Å²) in [5.74, 6) is 1.74. The van der Waals surface area contributed by atoms with Gasteiger partial charge in [0.05, 0.1) is 23.1 Å². The molecular formula is C28H23N5O3S. The molecule has 0 unspecified atom stereocenters. The number of rotatable bonds is 7. The van der Waals surface area contributed by atoms with Crippen molar-refractivity contribution < 1.29 is 9.15 Å². The third-order valence-electron chi connectivity index (χ3n) is 5.90.